The minimum atomic E-state index is -0.115. The van der Waals surface area contributed by atoms with Gasteiger partial charge in [0, 0.05) is 18.0 Å². The van der Waals surface area contributed by atoms with Crippen LogP contribution in [0.5, 0.6) is 0 Å². The van der Waals surface area contributed by atoms with E-state index in [9.17, 15) is 4.79 Å². The molecule has 0 bridgehead atoms. The van der Waals surface area contributed by atoms with Crippen molar-refractivity contribution in [3.05, 3.63) is 21.9 Å². The number of esters is 1. The Kier molecular flexibility index (Phi) is 3.38. The van der Waals surface area contributed by atoms with Crippen molar-refractivity contribution in [3.63, 3.8) is 0 Å². The van der Waals surface area contributed by atoms with E-state index in [0.29, 0.717) is 13.2 Å². The topological polar surface area (TPSA) is 29.5 Å². The van der Waals surface area contributed by atoms with Crippen LogP contribution in [0.4, 0.5) is 0 Å². The molecule has 15 heavy (non-hydrogen) atoms. The van der Waals surface area contributed by atoms with Gasteiger partial charge in [0.05, 0.1) is 13.2 Å². The number of fused-ring (bicyclic) bond motifs is 1. The van der Waals surface area contributed by atoms with E-state index in [-0.39, 0.29) is 5.97 Å². The van der Waals surface area contributed by atoms with Crippen LogP contribution >= 0.6 is 11.3 Å². The van der Waals surface area contributed by atoms with Crippen molar-refractivity contribution in [2.75, 3.05) is 19.7 Å². The summed E-state index contributed by atoms with van der Waals surface area (Å²) in [7, 11) is 0. The summed E-state index contributed by atoms with van der Waals surface area (Å²) in [6, 6.07) is 2.15. The van der Waals surface area contributed by atoms with Gasteiger partial charge in [-0.3, -0.25) is 9.69 Å². The van der Waals surface area contributed by atoms with Crippen molar-refractivity contribution < 1.29 is 9.53 Å². The Balaban J connectivity index is 1.90. The van der Waals surface area contributed by atoms with E-state index >= 15 is 0 Å². The van der Waals surface area contributed by atoms with E-state index < -0.39 is 0 Å². The predicted molar refractivity (Wildman–Crippen MR) is 59.9 cm³/mol. The van der Waals surface area contributed by atoms with Crippen molar-refractivity contribution in [1.29, 1.82) is 0 Å². The van der Waals surface area contributed by atoms with E-state index in [1.807, 2.05) is 18.3 Å². The summed E-state index contributed by atoms with van der Waals surface area (Å²) in [6.07, 6.45) is 1.06. The molecular weight excluding hydrogens is 210 g/mol. The zero-order valence-corrected chi connectivity index (χ0v) is 9.68. The molecular formula is C11H15NO2S. The van der Waals surface area contributed by atoms with Crippen molar-refractivity contribution in [1.82, 2.24) is 4.90 Å². The van der Waals surface area contributed by atoms with Gasteiger partial charge in [0.1, 0.15) is 0 Å². The van der Waals surface area contributed by atoms with E-state index in [1.165, 1.54) is 10.4 Å². The Hall–Kier alpha value is -0.870. The van der Waals surface area contributed by atoms with Crippen molar-refractivity contribution in [2.24, 2.45) is 0 Å². The second-order valence-corrected chi connectivity index (χ2v) is 4.64. The zero-order chi connectivity index (χ0) is 10.7. The highest BCUT2D eigenvalue weighted by Crippen LogP contribution is 2.23. The van der Waals surface area contributed by atoms with Gasteiger partial charge in [0.2, 0.25) is 0 Å². The smallest absolute Gasteiger partial charge is 0.320 e. The second-order valence-electron chi connectivity index (χ2n) is 3.63. The van der Waals surface area contributed by atoms with Crippen LogP contribution in [0.2, 0.25) is 0 Å². The molecule has 1 aromatic rings. The zero-order valence-electron chi connectivity index (χ0n) is 8.86. The first-order valence-electron chi connectivity index (χ1n) is 5.23. The van der Waals surface area contributed by atoms with Crippen LogP contribution in [0.25, 0.3) is 0 Å². The van der Waals surface area contributed by atoms with Gasteiger partial charge in [-0.1, -0.05) is 0 Å². The molecule has 0 unspecified atom stereocenters. The standard InChI is InChI=1S/C11H15NO2S/c1-2-14-11(13)8-12-5-3-10-9(7-12)4-6-15-10/h4,6H,2-3,5,7-8H2,1H3. The molecule has 3 nitrogen and oxygen atoms in total. The van der Waals surface area contributed by atoms with Crippen molar-refractivity contribution in [2.45, 2.75) is 19.9 Å². The van der Waals surface area contributed by atoms with Gasteiger partial charge in [-0.2, -0.15) is 0 Å². The maximum absolute atomic E-state index is 11.3. The summed E-state index contributed by atoms with van der Waals surface area (Å²) in [4.78, 5) is 14.9. The van der Waals surface area contributed by atoms with Crippen LogP contribution in [-0.2, 0) is 22.5 Å². The second kappa shape index (κ2) is 4.77. The summed E-state index contributed by atoms with van der Waals surface area (Å²) in [5.74, 6) is -0.115. The van der Waals surface area contributed by atoms with Crippen LogP contribution in [0.3, 0.4) is 0 Å². The molecule has 0 N–H and O–H groups in total. The molecule has 0 radical (unpaired) electrons. The van der Waals surface area contributed by atoms with Gasteiger partial charge in [-0.05, 0) is 30.4 Å². The summed E-state index contributed by atoms with van der Waals surface area (Å²) < 4.78 is 4.94. The highest BCUT2D eigenvalue weighted by molar-refractivity contribution is 7.10. The lowest BCUT2D eigenvalue weighted by Crippen LogP contribution is -2.34. The van der Waals surface area contributed by atoms with Crippen LogP contribution in [0, 0.1) is 0 Å². The average Bonchev–Trinajstić information content (AvgIpc) is 2.65. The lowest BCUT2D eigenvalue weighted by Gasteiger charge is -2.25. The van der Waals surface area contributed by atoms with Crippen LogP contribution in [0.1, 0.15) is 17.4 Å². The Morgan fingerprint density at radius 1 is 1.67 bits per heavy atom. The maximum Gasteiger partial charge on any atom is 0.320 e. The lowest BCUT2D eigenvalue weighted by molar-refractivity contribution is -0.144. The van der Waals surface area contributed by atoms with Crippen LogP contribution in [0.15, 0.2) is 11.4 Å². The minimum absolute atomic E-state index is 0.115. The number of rotatable bonds is 3. The van der Waals surface area contributed by atoms with Crippen molar-refractivity contribution in [3.8, 4) is 0 Å². The van der Waals surface area contributed by atoms with Gasteiger partial charge >= 0.3 is 5.97 Å². The van der Waals surface area contributed by atoms with E-state index in [0.717, 1.165) is 19.5 Å². The molecule has 1 aromatic heterocycles. The van der Waals surface area contributed by atoms with Gasteiger partial charge in [0.25, 0.3) is 0 Å². The third-order valence-electron chi connectivity index (χ3n) is 2.54. The molecule has 0 atom stereocenters. The highest BCUT2D eigenvalue weighted by Gasteiger charge is 2.19. The summed E-state index contributed by atoms with van der Waals surface area (Å²) in [6.45, 7) is 4.58. The summed E-state index contributed by atoms with van der Waals surface area (Å²) in [5.41, 5.74) is 1.37. The Morgan fingerprint density at radius 3 is 3.33 bits per heavy atom. The summed E-state index contributed by atoms with van der Waals surface area (Å²) in [5, 5.41) is 2.12. The first-order chi connectivity index (χ1) is 7.29. The molecule has 2 heterocycles. The molecule has 0 spiro atoms. The number of carbonyl (C=O) groups is 1. The fourth-order valence-corrected chi connectivity index (χ4v) is 2.72. The quantitative estimate of drug-likeness (QED) is 0.733. The monoisotopic (exact) mass is 225 g/mol. The average molecular weight is 225 g/mol. The third kappa shape index (κ3) is 2.58. The van der Waals surface area contributed by atoms with Gasteiger partial charge in [-0.15, -0.1) is 11.3 Å². The number of nitrogens with zero attached hydrogens (tertiary/aromatic N) is 1. The molecule has 2 rings (SSSR count). The fourth-order valence-electron chi connectivity index (χ4n) is 1.83. The fraction of sp³-hybridized carbons (Fsp3) is 0.545. The molecule has 4 heteroatoms. The first kappa shape index (κ1) is 10.6. The van der Waals surface area contributed by atoms with Gasteiger partial charge < -0.3 is 4.74 Å². The van der Waals surface area contributed by atoms with Crippen LogP contribution < -0.4 is 0 Å². The normalized spacial score (nSPS) is 16.1. The molecule has 82 valence electrons. The molecule has 0 saturated heterocycles. The van der Waals surface area contributed by atoms with Crippen LogP contribution in [-0.4, -0.2) is 30.6 Å². The summed E-state index contributed by atoms with van der Waals surface area (Å²) >= 11 is 1.81. The number of hydrogen-bond acceptors (Lipinski definition) is 4. The Bertz CT molecular complexity index is 348. The first-order valence-corrected chi connectivity index (χ1v) is 6.10. The molecule has 0 fully saturated rings. The Morgan fingerprint density at radius 2 is 2.53 bits per heavy atom. The highest BCUT2D eigenvalue weighted by atomic mass is 32.1. The predicted octanol–water partition coefficient (Wildman–Crippen LogP) is 1.67. The van der Waals surface area contributed by atoms with E-state index in [1.54, 1.807) is 0 Å². The minimum Gasteiger partial charge on any atom is -0.465 e. The van der Waals surface area contributed by atoms with Gasteiger partial charge in [-0.25, -0.2) is 0 Å². The van der Waals surface area contributed by atoms with E-state index in [2.05, 4.69) is 16.3 Å². The molecule has 1 aliphatic heterocycles. The lowest BCUT2D eigenvalue weighted by atomic mass is 10.1. The molecule has 0 saturated carbocycles. The third-order valence-corrected chi connectivity index (χ3v) is 3.57. The number of thiophene rings is 1. The number of ether oxygens (including phenoxy) is 1. The maximum atomic E-state index is 11.3. The molecule has 0 amide bonds. The number of carbonyl (C=O) groups excluding carboxylic acids is 1. The largest absolute Gasteiger partial charge is 0.465 e. The molecule has 0 aromatic carbocycles. The van der Waals surface area contributed by atoms with Crippen molar-refractivity contribution >= 4 is 17.3 Å². The van der Waals surface area contributed by atoms with E-state index in [4.69, 9.17) is 4.74 Å². The van der Waals surface area contributed by atoms with Gasteiger partial charge in [0.15, 0.2) is 0 Å². The SMILES string of the molecule is CCOC(=O)CN1CCc2sccc2C1. The Labute approximate surface area is 93.7 Å². The molecule has 0 aliphatic carbocycles. The number of hydrogen-bond donors (Lipinski definition) is 0. The molecule has 1 aliphatic rings.